The molecule has 178 valence electrons. The zero-order valence-electron chi connectivity index (χ0n) is 19.4. The van der Waals surface area contributed by atoms with E-state index >= 15 is 0 Å². The summed E-state index contributed by atoms with van der Waals surface area (Å²) < 4.78 is 17.1. The lowest BCUT2D eigenvalue weighted by Crippen LogP contribution is -2.38. The SMILES string of the molecule is O=C(COc1ccc2c(=O)c(Oc3ccc(-c4ccccc4)cc3)coc2c1)NC1CCCCC1. The molecular formula is C29H27NO5. The van der Waals surface area contributed by atoms with Crippen molar-refractivity contribution in [2.75, 3.05) is 6.61 Å². The first kappa shape index (κ1) is 22.7. The number of hydrogen-bond donors (Lipinski definition) is 1. The highest BCUT2D eigenvalue weighted by Gasteiger charge is 2.16. The highest BCUT2D eigenvalue weighted by atomic mass is 16.5. The molecule has 1 aromatic heterocycles. The van der Waals surface area contributed by atoms with Crippen LogP contribution in [-0.2, 0) is 4.79 Å². The number of nitrogens with one attached hydrogen (secondary N) is 1. The highest BCUT2D eigenvalue weighted by molar-refractivity contribution is 5.80. The quantitative estimate of drug-likeness (QED) is 0.355. The molecule has 0 bridgehead atoms. The normalized spacial score (nSPS) is 13.9. The predicted molar refractivity (Wildman–Crippen MR) is 135 cm³/mol. The zero-order chi connectivity index (χ0) is 24.0. The van der Waals surface area contributed by atoms with Crippen LogP contribution in [0.15, 0.2) is 88.3 Å². The second-order valence-electron chi connectivity index (χ2n) is 8.77. The Hall–Kier alpha value is -4.06. The third kappa shape index (κ3) is 5.54. The number of carbonyl (C=O) groups excluding carboxylic acids is 1. The van der Waals surface area contributed by atoms with Crippen molar-refractivity contribution in [2.45, 2.75) is 38.1 Å². The fourth-order valence-electron chi connectivity index (χ4n) is 4.39. The fourth-order valence-corrected chi connectivity index (χ4v) is 4.39. The van der Waals surface area contributed by atoms with Crippen LogP contribution in [0.4, 0.5) is 0 Å². The van der Waals surface area contributed by atoms with Crippen molar-refractivity contribution in [3.05, 3.63) is 89.3 Å². The van der Waals surface area contributed by atoms with Crippen LogP contribution in [0.2, 0.25) is 0 Å². The minimum Gasteiger partial charge on any atom is -0.484 e. The molecule has 1 fully saturated rings. The average molecular weight is 470 g/mol. The number of amides is 1. The van der Waals surface area contributed by atoms with Crippen LogP contribution < -0.4 is 20.2 Å². The smallest absolute Gasteiger partial charge is 0.258 e. The molecular weight excluding hydrogens is 442 g/mol. The van der Waals surface area contributed by atoms with Gasteiger partial charge in [-0.2, -0.15) is 0 Å². The van der Waals surface area contributed by atoms with E-state index in [1.54, 1.807) is 18.2 Å². The van der Waals surface area contributed by atoms with Gasteiger partial charge in [-0.1, -0.05) is 61.7 Å². The van der Waals surface area contributed by atoms with Crippen LogP contribution in [0.3, 0.4) is 0 Å². The van der Waals surface area contributed by atoms with Crippen LogP contribution in [0, 0.1) is 0 Å². The van der Waals surface area contributed by atoms with E-state index < -0.39 is 0 Å². The van der Waals surface area contributed by atoms with E-state index in [0.29, 0.717) is 22.5 Å². The van der Waals surface area contributed by atoms with Crippen molar-refractivity contribution in [3.63, 3.8) is 0 Å². The van der Waals surface area contributed by atoms with Crippen molar-refractivity contribution in [1.29, 1.82) is 0 Å². The van der Waals surface area contributed by atoms with Gasteiger partial charge in [0.15, 0.2) is 6.61 Å². The number of fused-ring (bicyclic) bond motifs is 1. The average Bonchev–Trinajstić information content (AvgIpc) is 2.90. The largest absolute Gasteiger partial charge is 0.484 e. The van der Waals surface area contributed by atoms with Gasteiger partial charge in [0, 0.05) is 12.1 Å². The van der Waals surface area contributed by atoms with E-state index in [-0.39, 0.29) is 29.7 Å². The summed E-state index contributed by atoms with van der Waals surface area (Å²) in [6.45, 7) is -0.0770. The van der Waals surface area contributed by atoms with Gasteiger partial charge in [-0.05, 0) is 48.2 Å². The van der Waals surface area contributed by atoms with E-state index in [2.05, 4.69) is 5.32 Å². The van der Waals surface area contributed by atoms with Gasteiger partial charge in [-0.3, -0.25) is 9.59 Å². The molecule has 1 saturated carbocycles. The first-order chi connectivity index (χ1) is 17.2. The van der Waals surface area contributed by atoms with Crippen LogP contribution in [0.25, 0.3) is 22.1 Å². The van der Waals surface area contributed by atoms with Crippen LogP contribution in [0.5, 0.6) is 17.2 Å². The lowest BCUT2D eigenvalue weighted by atomic mass is 9.95. The number of carbonyl (C=O) groups is 1. The summed E-state index contributed by atoms with van der Waals surface area (Å²) in [5, 5.41) is 3.40. The monoisotopic (exact) mass is 469 g/mol. The van der Waals surface area contributed by atoms with E-state index in [0.717, 1.165) is 36.8 Å². The Labute approximate surface area is 203 Å². The third-order valence-corrected chi connectivity index (χ3v) is 6.24. The molecule has 3 aromatic carbocycles. The van der Waals surface area contributed by atoms with Gasteiger partial charge in [-0.25, -0.2) is 0 Å². The van der Waals surface area contributed by atoms with Gasteiger partial charge in [0.2, 0.25) is 11.2 Å². The maximum Gasteiger partial charge on any atom is 0.258 e. The molecule has 0 unspecified atom stereocenters. The molecule has 0 spiro atoms. The molecule has 6 nitrogen and oxygen atoms in total. The number of hydrogen-bond acceptors (Lipinski definition) is 5. The van der Waals surface area contributed by atoms with Crippen molar-refractivity contribution in [3.8, 4) is 28.4 Å². The molecule has 35 heavy (non-hydrogen) atoms. The predicted octanol–water partition coefficient (Wildman–Crippen LogP) is 6.08. The highest BCUT2D eigenvalue weighted by Crippen LogP contribution is 2.27. The van der Waals surface area contributed by atoms with Gasteiger partial charge in [0.25, 0.3) is 5.91 Å². The summed E-state index contributed by atoms with van der Waals surface area (Å²) in [4.78, 5) is 25.1. The Morgan fingerprint density at radius 2 is 1.60 bits per heavy atom. The second-order valence-corrected chi connectivity index (χ2v) is 8.77. The van der Waals surface area contributed by atoms with Crippen LogP contribution >= 0.6 is 0 Å². The maximum absolute atomic E-state index is 12.9. The van der Waals surface area contributed by atoms with Crippen molar-refractivity contribution >= 4 is 16.9 Å². The Morgan fingerprint density at radius 3 is 2.37 bits per heavy atom. The molecule has 1 N–H and O–H groups in total. The number of benzene rings is 3. The van der Waals surface area contributed by atoms with Gasteiger partial charge >= 0.3 is 0 Å². The summed E-state index contributed by atoms with van der Waals surface area (Å²) >= 11 is 0. The molecule has 0 atom stereocenters. The summed E-state index contributed by atoms with van der Waals surface area (Å²) in [6.07, 6.45) is 6.89. The standard InChI is InChI=1S/C29H27NO5/c31-28(30-22-9-5-2-6-10-22)19-33-24-15-16-25-26(17-24)34-18-27(29(25)32)35-23-13-11-21(12-14-23)20-7-3-1-4-8-20/h1,3-4,7-8,11-18,22H,2,5-6,9-10,19H2,(H,30,31). The summed E-state index contributed by atoms with van der Waals surface area (Å²) in [5.74, 6) is 0.968. The summed E-state index contributed by atoms with van der Waals surface area (Å²) in [5.41, 5.74) is 2.25. The topological polar surface area (TPSA) is 77.8 Å². The van der Waals surface area contributed by atoms with Gasteiger partial charge in [0.1, 0.15) is 23.3 Å². The number of rotatable bonds is 7. The summed E-state index contributed by atoms with van der Waals surface area (Å²) in [7, 11) is 0. The molecule has 6 heteroatoms. The van der Waals surface area contributed by atoms with Gasteiger partial charge < -0.3 is 19.2 Å². The summed E-state index contributed by atoms with van der Waals surface area (Å²) in [6, 6.07) is 22.7. The van der Waals surface area contributed by atoms with Crippen LogP contribution in [-0.4, -0.2) is 18.6 Å². The molecule has 0 saturated heterocycles. The lowest BCUT2D eigenvalue weighted by molar-refractivity contribution is -0.124. The zero-order valence-corrected chi connectivity index (χ0v) is 19.4. The molecule has 0 aliphatic heterocycles. The minimum absolute atomic E-state index is 0.0770. The first-order valence-corrected chi connectivity index (χ1v) is 12.0. The van der Waals surface area contributed by atoms with Crippen molar-refractivity contribution in [2.24, 2.45) is 0 Å². The van der Waals surface area contributed by atoms with Gasteiger partial charge in [-0.15, -0.1) is 0 Å². The van der Waals surface area contributed by atoms with E-state index in [1.807, 2.05) is 54.6 Å². The molecule has 1 heterocycles. The number of ether oxygens (including phenoxy) is 2. The Kier molecular flexibility index (Phi) is 6.80. The molecule has 1 aliphatic carbocycles. The van der Waals surface area contributed by atoms with Crippen molar-refractivity contribution < 1.29 is 18.7 Å². The molecule has 5 rings (SSSR count). The minimum atomic E-state index is -0.278. The molecule has 0 radical (unpaired) electrons. The van der Waals surface area contributed by atoms with Crippen LogP contribution in [0.1, 0.15) is 32.1 Å². The molecule has 1 aliphatic rings. The van der Waals surface area contributed by atoms with Crippen molar-refractivity contribution in [1.82, 2.24) is 5.32 Å². The second kappa shape index (κ2) is 10.5. The lowest BCUT2D eigenvalue weighted by Gasteiger charge is -2.22. The third-order valence-electron chi connectivity index (χ3n) is 6.24. The Bertz CT molecular complexity index is 1360. The first-order valence-electron chi connectivity index (χ1n) is 12.0. The van der Waals surface area contributed by atoms with E-state index in [1.165, 1.54) is 12.7 Å². The Balaban J connectivity index is 1.24. The van der Waals surface area contributed by atoms with E-state index in [9.17, 15) is 9.59 Å². The van der Waals surface area contributed by atoms with Gasteiger partial charge in [0.05, 0.1) is 5.39 Å². The molecule has 1 amide bonds. The molecule has 4 aromatic rings. The Morgan fingerprint density at radius 1 is 0.886 bits per heavy atom. The van der Waals surface area contributed by atoms with E-state index in [4.69, 9.17) is 13.9 Å². The maximum atomic E-state index is 12.9. The fraction of sp³-hybridized carbons (Fsp3) is 0.241.